The van der Waals surface area contributed by atoms with Gasteiger partial charge in [-0.2, -0.15) is 5.10 Å². The van der Waals surface area contributed by atoms with E-state index >= 15 is 0 Å². The Morgan fingerprint density at radius 2 is 1.74 bits per heavy atom. The normalized spacial score (nSPS) is 11.2. The summed E-state index contributed by atoms with van der Waals surface area (Å²) in [6.07, 6.45) is 3.16. The standard InChI is InChI=1S/C23H23N7O/c1-15-8-7-11-30-21(15)28-20(24-13-18-9-5-4-6-10-18)19(22(30)31)14-25-29-23-26-16(2)12-17(3)27-23/h4-12,14,24H,13H2,1-3H3,(H,26,27,29)/b25-14-. The number of nitrogens with zero attached hydrogens (tertiary/aromatic N) is 5. The molecule has 0 fully saturated rings. The minimum Gasteiger partial charge on any atom is -0.365 e. The molecule has 2 N–H and O–H groups in total. The lowest BCUT2D eigenvalue weighted by Crippen LogP contribution is -2.23. The molecule has 0 aliphatic rings. The SMILES string of the molecule is Cc1cc(C)nc(N/N=C\c2c(NCc3ccccc3)nc3c(C)cccn3c2=O)n1. The smallest absolute Gasteiger partial charge is 0.268 e. The topological polar surface area (TPSA) is 96.6 Å². The Hall–Kier alpha value is -4.07. The molecule has 31 heavy (non-hydrogen) atoms. The quantitative estimate of drug-likeness (QED) is 0.371. The first-order valence-corrected chi connectivity index (χ1v) is 9.92. The fourth-order valence-electron chi connectivity index (χ4n) is 3.27. The van der Waals surface area contributed by atoms with E-state index in [0.29, 0.717) is 29.5 Å². The lowest BCUT2D eigenvalue weighted by Gasteiger charge is -2.12. The monoisotopic (exact) mass is 413 g/mol. The molecule has 4 rings (SSSR count). The van der Waals surface area contributed by atoms with Crippen molar-refractivity contribution < 1.29 is 0 Å². The van der Waals surface area contributed by atoms with Gasteiger partial charge in [0.25, 0.3) is 5.56 Å². The average molecular weight is 413 g/mol. The molecule has 0 saturated carbocycles. The third kappa shape index (κ3) is 4.58. The molecule has 3 aromatic heterocycles. The molecule has 8 heteroatoms. The number of nitrogens with one attached hydrogen (secondary N) is 2. The van der Waals surface area contributed by atoms with Crippen LogP contribution >= 0.6 is 0 Å². The number of rotatable bonds is 6. The van der Waals surface area contributed by atoms with Crippen LogP contribution in [0.5, 0.6) is 0 Å². The predicted octanol–water partition coefficient (Wildman–Crippen LogP) is 3.47. The van der Waals surface area contributed by atoms with Gasteiger partial charge in [-0.15, -0.1) is 0 Å². The highest BCUT2D eigenvalue weighted by Crippen LogP contribution is 2.14. The van der Waals surface area contributed by atoms with Gasteiger partial charge in [-0.3, -0.25) is 9.20 Å². The molecule has 0 aliphatic heterocycles. The molecule has 0 radical (unpaired) electrons. The molecule has 156 valence electrons. The molecule has 4 aromatic rings. The van der Waals surface area contributed by atoms with Crippen molar-refractivity contribution in [2.45, 2.75) is 27.3 Å². The van der Waals surface area contributed by atoms with Gasteiger partial charge in [0.2, 0.25) is 5.95 Å². The minimum atomic E-state index is -0.212. The van der Waals surface area contributed by atoms with Crippen LogP contribution in [0.3, 0.4) is 0 Å². The predicted molar refractivity (Wildman–Crippen MR) is 123 cm³/mol. The summed E-state index contributed by atoms with van der Waals surface area (Å²) in [5.74, 6) is 0.840. The van der Waals surface area contributed by atoms with Crippen molar-refractivity contribution in [3.63, 3.8) is 0 Å². The first kappa shape index (κ1) is 20.2. The van der Waals surface area contributed by atoms with Crippen molar-refractivity contribution in [1.82, 2.24) is 19.4 Å². The summed E-state index contributed by atoms with van der Waals surface area (Å²) in [5.41, 5.74) is 7.20. The second-order valence-electron chi connectivity index (χ2n) is 7.25. The average Bonchev–Trinajstić information content (AvgIpc) is 2.75. The van der Waals surface area contributed by atoms with Crippen LogP contribution in [0.1, 0.15) is 28.1 Å². The van der Waals surface area contributed by atoms with E-state index in [9.17, 15) is 4.79 Å². The van der Waals surface area contributed by atoms with Crippen molar-refractivity contribution in [2.75, 3.05) is 10.7 Å². The van der Waals surface area contributed by atoms with Gasteiger partial charge in [0.15, 0.2) is 0 Å². The molecule has 0 bridgehead atoms. The maximum absolute atomic E-state index is 13.2. The summed E-state index contributed by atoms with van der Waals surface area (Å²) in [5, 5.41) is 7.49. The summed E-state index contributed by atoms with van der Waals surface area (Å²) in [6, 6.07) is 15.6. The van der Waals surface area contributed by atoms with E-state index < -0.39 is 0 Å². The fraction of sp³-hybridized carbons (Fsp3) is 0.174. The van der Waals surface area contributed by atoms with E-state index in [4.69, 9.17) is 4.98 Å². The highest BCUT2D eigenvalue weighted by molar-refractivity contribution is 5.87. The van der Waals surface area contributed by atoms with E-state index in [1.807, 2.05) is 69.3 Å². The molecule has 0 amide bonds. The molecule has 1 aromatic carbocycles. The second-order valence-corrected chi connectivity index (χ2v) is 7.25. The number of benzene rings is 1. The van der Waals surface area contributed by atoms with Gasteiger partial charge in [-0.25, -0.2) is 20.4 Å². The number of fused-ring (bicyclic) bond motifs is 1. The second kappa shape index (κ2) is 8.74. The van der Waals surface area contributed by atoms with Crippen LogP contribution in [0.2, 0.25) is 0 Å². The van der Waals surface area contributed by atoms with Gasteiger partial charge in [-0.1, -0.05) is 36.4 Å². The van der Waals surface area contributed by atoms with E-state index in [2.05, 4.69) is 25.8 Å². The van der Waals surface area contributed by atoms with Gasteiger partial charge in [0.05, 0.1) is 6.21 Å². The number of aryl methyl sites for hydroxylation is 3. The van der Waals surface area contributed by atoms with E-state index in [-0.39, 0.29) is 5.56 Å². The maximum Gasteiger partial charge on any atom is 0.268 e. The summed E-state index contributed by atoms with van der Waals surface area (Å²) < 4.78 is 1.53. The Bertz CT molecular complexity index is 1290. The van der Waals surface area contributed by atoms with Gasteiger partial charge in [0.1, 0.15) is 17.0 Å². The molecular weight excluding hydrogens is 390 g/mol. The van der Waals surface area contributed by atoms with Gasteiger partial charge >= 0.3 is 0 Å². The number of anilines is 2. The Morgan fingerprint density at radius 1 is 1.00 bits per heavy atom. The van der Waals surface area contributed by atoms with Crippen LogP contribution < -0.4 is 16.3 Å². The largest absolute Gasteiger partial charge is 0.365 e. The Kier molecular flexibility index (Phi) is 5.70. The number of pyridine rings is 1. The molecule has 0 atom stereocenters. The summed E-state index contributed by atoms with van der Waals surface area (Å²) in [4.78, 5) is 26.5. The van der Waals surface area contributed by atoms with Gasteiger partial charge in [-0.05, 0) is 44.0 Å². The van der Waals surface area contributed by atoms with Crippen molar-refractivity contribution in [1.29, 1.82) is 0 Å². The van der Waals surface area contributed by atoms with E-state index in [1.54, 1.807) is 6.20 Å². The molecule has 0 unspecified atom stereocenters. The number of hydrazone groups is 1. The van der Waals surface area contributed by atoms with E-state index in [0.717, 1.165) is 22.5 Å². The molecule has 0 aliphatic carbocycles. The highest BCUT2D eigenvalue weighted by atomic mass is 16.1. The van der Waals surface area contributed by atoms with Crippen LogP contribution in [0.4, 0.5) is 11.8 Å². The maximum atomic E-state index is 13.2. The van der Waals surface area contributed by atoms with Gasteiger partial charge < -0.3 is 5.32 Å². The van der Waals surface area contributed by atoms with E-state index in [1.165, 1.54) is 10.6 Å². The molecule has 3 heterocycles. The summed E-state index contributed by atoms with van der Waals surface area (Å²) in [6.45, 7) is 6.23. The van der Waals surface area contributed by atoms with Crippen LogP contribution in [0.15, 0.2) is 64.6 Å². The lowest BCUT2D eigenvalue weighted by molar-refractivity contribution is 1.01. The van der Waals surface area contributed by atoms with Gasteiger partial charge in [0, 0.05) is 24.1 Å². The minimum absolute atomic E-state index is 0.212. The van der Waals surface area contributed by atoms with Crippen molar-refractivity contribution in [3.05, 3.63) is 93.2 Å². The molecule has 0 spiro atoms. The zero-order valence-corrected chi connectivity index (χ0v) is 17.6. The number of hydrogen-bond acceptors (Lipinski definition) is 7. The first-order chi connectivity index (χ1) is 15.0. The fourth-order valence-corrected chi connectivity index (χ4v) is 3.27. The number of aromatic nitrogens is 4. The zero-order chi connectivity index (χ0) is 21.8. The molecule has 8 nitrogen and oxygen atoms in total. The van der Waals surface area contributed by atoms with Crippen molar-refractivity contribution in [3.8, 4) is 0 Å². The summed E-state index contributed by atoms with van der Waals surface area (Å²) in [7, 11) is 0. The third-order valence-corrected chi connectivity index (χ3v) is 4.73. The van der Waals surface area contributed by atoms with Crippen molar-refractivity contribution in [2.24, 2.45) is 5.10 Å². The Morgan fingerprint density at radius 3 is 2.48 bits per heavy atom. The number of hydrogen-bond donors (Lipinski definition) is 2. The van der Waals surface area contributed by atoms with Crippen molar-refractivity contribution >= 4 is 23.6 Å². The Balaban J connectivity index is 1.70. The summed E-state index contributed by atoms with van der Waals surface area (Å²) >= 11 is 0. The van der Waals surface area contributed by atoms with Crippen LogP contribution in [-0.2, 0) is 6.54 Å². The Labute approximate surface area is 179 Å². The van der Waals surface area contributed by atoms with Crippen LogP contribution in [0, 0.1) is 20.8 Å². The lowest BCUT2D eigenvalue weighted by atomic mass is 10.2. The van der Waals surface area contributed by atoms with Crippen LogP contribution in [0.25, 0.3) is 5.65 Å². The zero-order valence-electron chi connectivity index (χ0n) is 17.6. The molecule has 0 saturated heterocycles. The molecular formula is C23H23N7O. The first-order valence-electron chi connectivity index (χ1n) is 9.92. The third-order valence-electron chi connectivity index (χ3n) is 4.73. The van der Waals surface area contributed by atoms with Crippen LogP contribution in [-0.4, -0.2) is 25.6 Å². The highest BCUT2D eigenvalue weighted by Gasteiger charge is 2.12.